The fraction of sp³-hybridized carbons (Fsp3) is 0.692. The van der Waals surface area contributed by atoms with E-state index in [2.05, 4.69) is 15.3 Å². The van der Waals surface area contributed by atoms with Gasteiger partial charge in [0.1, 0.15) is 16.8 Å². The summed E-state index contributed by atoms with van der Waals surface area (Å²) in [5.74, 6) is 1.50. The Bertz CT molecular complexity index is 430. The third-order valence-electron chi connectivity index (χ3n) is 3.70. The van der Waals surface area contributed by atoms with E-state index in [1.165, 1.54) is 0 Å². The average molecular weight is 270 g/mol. The second kappa shape index (κ2) is 5.41. The number of nitrogens with zero attached hydrogens (tertiary/aromatic N) is 2. The van der Waals surface area contributed by atoms with Crippen LogP contribution in [0.2, 0.25) is 5.15 Å². The van der Waals surface area contributed by atoms with Crippen molar-refractivity contribution in [3.8, 4) is 0 Å². The molecule has 1 aliphatic rings. The highest BCUT2D eigenvalue weighted by atomic mass is 35.5. The summed E-state index contributed by atoms with van der Waals surface area (Å²) in [5.41, 5.74) is 0.626. The molecule has 0 unspecified atom stereocenters. The second-order valence-electron chi connectivity index (χ2n) is 5.03. The first kappa shape index (κ1) is 13.6. The van der Waals surface area contributed by atoms with Crippen LogP contribution in [0, 0.1) is 6.92 Å². The molecule has 1 saturated carbocycles. The first-order chi connectivity index (χ1) is 8.60. The largest absolute Gasteiger partial charge is 0.394 e. The molecule has 0 atom stereocenters. The van der Waals surface area contributed by atoms with E-state index in [1.807, 2.05) is 13.8 Å². The third-order valence-corrected chi connectivity index (χ3v) is 4.06. The van der Waals surface area contributed by atoms with Crippen molar-refractivity contribution in [2.24, 2.45) is 0 Å². The maximum atomic E-state index is 9.63. The zero-order valence-corrected chi connectivity index (χ0v) is 11.7. The van der Waals surface area contributed by atoms with Gasteiger partial charge in [-0.2, -0.15) is 0 Å². The lowest BCUT2D eigenvalue weighted by Gasteiger charge is -2.29. The number of hydrogen-bond acceptors (Lipinski definition) is 4. The molecule has 0 bridgehead atoms. The predicted octanol–water partition coefficient (Wildman–Crippen LogP) is 2.72. The van der Waals surface area contributed by atoms with Crippen molar-refractivity contribution in [1.82, 2.24) is 9.97 Å². The van der Waals surface area contributed by atoms with Gasteiger partial charge in [0.25, 0.3) is 0 Å². The molecule has 1 heterocycles. The first-order valence-corrected chi connectivity index (χ1v) is 6.90. The molecule has 0 aliphatic heterocycles. The fourth-order valence-electron chi connectivity index (χ4n) is 2.44. The van der Waals surface area contributed by atoms with Crippen molar-refractivity contribution in [3.63, 3.8) is 0 Å². The Balaban J connectivity index is 2.30. The fourth-order valence-corrected chi connectivity index (χ4v) is 2.63. The van der Waals surface area contributed by atoms with Gasteiger partial charge in [0, 0.05) is 12.0 Å². The standard InChI is InChI=1S/C13H20ClN3O/c1-3-10-15-11(14)9(2)12(16-10)17-13(8-18)6-4-5-7-13/h18H,3-8H2,1-2H3,(H,15,16,17). The van der Waals surface area contributed by atoms with Crippen LogP contribution in [0.3, 0.4) is 0 Å². The van der Waals surface area contributed by atoms with E-state index in [1.54, 1.807) is 0 Å². The van der Waals surface area contributed by atoms with Crippen LogP contribution in [-0.4, -0.2) is 27.2 Å². The molecule has 18 heavy (non-hydrogen) atoms. The minimum Gasteiger partial charge on any atom is -0.394 e. The van der Waals surface area contributed by atoms with Crippen LogP contribution >= 0.6 is 11.6 Å². The smallest absolute Gasteiger partial charge is 0.137 e. The minimum absolute atomic E-state index is 0.134. The topological polar surface area (TPSA) is 58.0 Å². The number of halogens is 1. The quantitative estimate of drug-likeness (QED) is 0.825. The van der Waals surface area contributed by atoms with Gasteiger partial charge in [-0.3, -0.25) is 0 Å². The molecule has 2 rings (SSSR count). The van der Waals surface area contributed by atoms with E-state index in [0.29, 0.717) is 5.15 Å². The summed E-state index contributed by atoms with van der Waals surface area (Å²) >= 11 is 6.12. The van der Waals surface area contributed by atoms with Gasteiger partial charge in [-0.15, -0.1) is 0 Å². The lowest BCUT2D eigenvalue weighted by molar-refractivity contribution is 0.213. The number of aliphatic hydroxyl groups excluding tert-OH is 1. The lowest BCUT2D eigenvalue weighted by atomic mass is 9.99. The number of aromatic nitrogens is 2. The number of hydrogen-bond donors (Lipinski definition) is 2. The normalized spacial score (nSPS) is 18.0. The SMILES string of the molecule is CCc1nc(Cl)c(C)c(NC2(CO)CCCC2)n1. The molecule has 0 saturated heterocycles. The van der Waals surface area contributed by atoms with Gasteiger partial charge >= 0.3 is 0 Å². The summed E-state index contributed by atoms with van der Waals surface area (Å²) in [6.07, 6.45) is 5.00. The zero-order valence-electron chi connectivity index (χ0n) is 11.0. The number of rotatable bonds is 4. The Hall–Kier alpha value is -0.870. The van der Waals surface area contributed by atoms with Crippen molar-refractivity contribution in [1.29, 1.82) is 0 Å². The third kappa shape index (κ3) is 2.59. The summed E-state index contributed by atoms with van der Waals surface area (Å²) in [6, 6.07) is 0. The van der Waals surface area contributed by atoms with E-state index in [-0.39, 0.29) is 12.1 Å². The maximum Gasteiger partial charge on any atom is 0.137 e. The van der Waals surface area contributed by atoms with Gasteiger partial charge in [-0.1, -0.05) is 31.4 Å². The highest BCUT2D eigenvalue weighted by Crippen LogP contribution is 2.33. The van der Waals surface area contributed by atoms with Gasteiger partial charge < -0.3 is 10.4 Å². The Kier molecular flexibility index (Phi) is 4.07. The molecule has 1 aromatic rings. The van der Waals surface area contributed by atoms with Crippen molar-refractivity contribution in [2.75, 3.05) is 11.9 Å². The Morgan fingerprint density at radius 2 is 2.00 bits per heavy atom. The molecule has 1 fully saturated rings. The van der Waals surface area contributed by atoms with Crippen LogP contribution in [0.1, 0.15) is 44.0 Å². The number of nitrogens with one attached hydrogen (secondary N) is 1. The molecule has 0 radical (unpaired) electrons. The van der Waals surface area contributed by atoms with Gasteiger partial charge in [0.15, 0.2) is 0 Å². The van der Waals surface area contributed by atoms with Crippen molar-refractivity contribution in [3.05, 3.63) is 16.5 Å². The minimum atomic E-state index is -0.229. The predicted molar refractivity (Wildman–Crippen MR) is 73.1 cm³/mol. The molecule has 1 aromatic heterocycles. The van der Waals surface area contributed by atoms with E-state index >= 15 is 0 Å². The zero-order chi connectivity index (χ0) is 13.2. The van der Waals surface area contributed by atoms with Gasteiger partial charge in [-0.05, 0) is 19.8 Å². The first-order valence-electron chi connectivity index (χ1n) is 6.52. The second-order valence-corrected chi connectivity index (χ2v) is 5.39. The van der Waals surface area contributed by atoms with E-state index in [9.17, 15) is 5.11 Å². The molecule has 100 valence electrons. The van der Waals surface area contributed by atoms with Crippen LogP contribution in [0.15, 0.2) is 0 Å². The van der Waals surface area contributed by atoms with Crippen molar-refractivity contribution in [2.45, 2.75) is 51.5 Å². The van der Waals surface area contributed by atoms with Crippen LogP contribution in [-0.2, 0) is 6.42 Å². The van der Waals surface area contributed by atoms with E-state index in [0.717, 1.165) is 49.3 Å². The molecular formula is C13H20ClN3O. The Morgan fingerprint density at radius 3 is 2.56 bits per heavy atom. The van der Waals surface area contributed by atoms with Gasteiger partial charge in [-0.25, -0.2) is 9.97 Å². The summed E-state index contributed by atoms with van der Waals surface area (Å²) < 4.78 is 0. The Labute approximate surface area is 113 Å². The number of aryl methyl sites for hydroxylation is 1. The molecular weight excluding hydrogens is 250 g/mol. The summed E-state index contributed by atoms with van der Waals surface area (Å²) in [4.78, 5) is 8.72. The van der Waals surface area contributed by atoms with Gasteiger partial charge in [0.05, 0.1) is 12.1 Å². The Morgan fingerprint density at radius 1 is 1.33 bits per heavy atom. The van der Waals surface area contributed by atoms with Crippen LogP contribution in [0.4, 0.5) is 5.82 Å². The van der Waals surface area contributed by atoms with E-state index in [4.69, 9.17) is 11.6 Å². The van der Waals surface area contributed by atoms with E-state index < -0.39 is 0 Å². The monoisotopic (exact) mass is 269 g/mol. The summed E-state index contributed by atoms with van der Waals surface area (Å²) in [6.45, 7) is 4.04. The molecule has 0 aromatic carbocycles. The van der Waals surface area contributed by atoms with Crippen LogP contribution in [0.25, 0.3) is 0 Å². The molecule has 0 amide bonds. The molecule has 0 spiro atoms. The molecule has 1 aliphatic carbocycles. The van der Waals surface area contributed by atoms with Gasteiger partial charge in [0.2, 0.25) is 0 Å². The highest BCUT2D eigenvalue weighted by molar-refractivity contribution is 6.30. The number of aliphatic hydroxyl groups is 1. The molecule has 5 heteroatoms. The lowest BCUT2D eigenvalue weighted by Crippen LogP contribution is -2.39. The summed E-state index contributed by atoms with van der Waals surface area (Å²) in [5, 5.41) is 13.5. The van der Waals surface area contributed by atoms with Crippen LogP contribution in [0.5, 0.6) is 0 Å². The number of anilines is 1. The van der Waals surface area contributed by atoms with Crippen molar-refractivity contribution >= 4 is 17.4 Å². The molecule has 2 N–H and O–H groups in total. The van der Waals surface area contributed by atoms with Crippen LogP contribution < -0.4 is 5.32 Å². The molecule has 4 nitrogen and oxygen atoms in total. The maximum absolute atomic E-state index is 9.63. The average Bonchev–Trinajstić information content (AvgIpc) is 2.84. The highest BCUT2D eigenvalue weighted by Gasteiger charge is 2.34. The van der Waals surface area contributed by atoms with Crippen molar-refractivity contribution < 1.29 is 5.11 Å². The summed E-state index contributed by atoms with van der Waals surface area (Å²) in [7, 11) is 0.